The molecule has 1 atom stereocenters. The highest BCUT2D eigenvalue weighted by molar-refractivity contribution is 6.01. The molecule has 0 aromatic heterocycles. The smallest absolute Gasteiger partial charge is 0.229 e. The minimum Gasteiger partial charge on any atom is -0.373 e. The molecule has 0 aliphatic carbocycles. The van der Waals surface area contributed by atoms with Crippen LogP contribution in [0.4, 0.5) is 0 Å². The zero-order valence-corrected chi connectivity index (χ0v) is 6.78. The third-order valence-electron chi connectivity index (χ3n) is 2.23. The normalized spacial score (nSPS) is 28.3. The number of hydrogen-bond donors (Lipinski definition) is 0. The Labute approximate surface area is 70.5 Å². The number of rotatable bonds is 3. The summed E-state index contributed by atoms with van der Waals surface area (Å²) in [5, 5.41) is 0. The number of carbonyl (C=O) groups excluding carboxylic acids is 2. The Hall–Kier alpha value is -0.900. The summed E-state index contributed by atoms with van der Waals surface area (Å²) in [6, 6.07) is 0. The van der Waals surface area contributed by atoms with Gasteiger partial charge in [0.25, 0.3) is 0 Å². The van der Waals surface area contributed by atoms with Crippen LogP contribution in [0.25, 0.3) is 0 Å². The van der Waals surface area contributed by atoms with E-state index in [4.69, 9.17) is 4.74 Å². The van der Waals surface area contributed by atoms with Crippen LogP contribution in [0.2, 0.25) is 0 Å². The monoisotopic (exact) mass is 169 g/mol. The van der Waals surface area contributed by atoms with E-state index >= 15 is 0 Å². The predicted octanol–water partition coefficient (Wildman–Crippen LogP) is -0.0757. The van der Waals surface area contributed by atoms with Crippen molar-refractivity contribution in [1.29, 1.82) is 0 Å². The third kappa shape index (κ3) is 1.48. The highest BCUT2D eigenvalue weighted by atomic mass is 16.6. The second kappa shape index (κ2) is 2.86. The average molecular weight is 169 g/mol. The summed E-state index contributed by atoms with van der Waals surface area (Å²) in [5.41, 5.74) is 0. The Morgan fingerprint density at radius 1 is 1.33 bits per heavy atom. The molecule has 2 fully saturated rings. The zero-order valence-electron chi connectivity index (χ0n) is 6.78. The molecule has 4 heteroatoms. The number of imide groups is 1. The lowest BCUT2D eigenvalue weighted by molar-refractivity contribution is -0.138. The first-order valence-corrected chi connectivity index (χ1v) is 4.22. The number of likely N-dealkylation sites (tertiary alicyclic amines) is 1. The van der Waals surface area contributed by atoms with Gasteiger partial charge in [-0.1, -0.05) is 0 Å². The van der Waals surface area contributed by atoms with Crippen molar-refractivity contribution in [3.8, 4) is 0 Å². The lowest BCUT2D eigenvalue weighted by Gasteiger charge is -2.11. The number of ether oxygens (including phenoxy) is 1. The van der Waals surface area contributed by atoms with E-state index in [2.05, 4.69) is 0 Å². The summed E-state index contributed by atoms with van der Waals surface area (Å²) >= 11 is 0. The third-order valence-corrected chi connectivity index (χ3v) is 2.23. The molecule has 0 aromatic carbocycles. The zero-order chi connectivity index (χ0) is 8.55. The Balaban J connectivity index is 1.83. The molecule has 2 saturated heterocycles. The summed E-state index contributed by atoms with van der Waals surface area (Å²) in [4.78, 5) is 23.5. The van der Waals surface area contributed by atoms with E-state index in [1.165, 1.54) is 4.90 Å². The van der Waals surface area contributed by atoms with Crippen LogP contribution in [-0.4, -0.2) is 36.0 Å². The van der Waals surface area contributed by atoms with Gasteiger partial charge in [0.15, 0.2) is 0 Å². The van der Waals surface area contributed by atoms with Crippen LogP contribution in [0.1, 0.15) is 19.3 Å². The van der Waals surface area contributed by atoms with Crippen molar-refractivity contribution in [2.75, 3.05) is 13.2 Å². The van der Waals surface area contributed by atoms with Crippen molar-refractivity contribution in [3.63, 3.8) is 0 Å². The molecule has 1 unspecified atom stereocenters. The Kier molecular flexibility index (Phi) is 1.84. The molecule has 0 bridgehead atoms. The number of carbonyl (C=O) groups is 2. The van der Waals surface area contributed by atoms with E-state index in [0.29, 0.717) is 25.5 Å². The number of epoxide rings is 1. The molecular weight excluding hydrogens is 158 g/mol. The van der Waals surface area contributed by atoms with Gasteiger partial charge in [-0.25, -0.2) is 0 Å². The number of amides is 2. The largest absolute Gasteiger partial charge is 0.373 e. The fraction of sp³-hybridized carbons (Fsp3) is 0.750. The molecule has 0 radical (unpaired) electrons. The summed E-state index contributed by atoms with van der Waals surface area (Å²) in [7, 11) is 0. The van der Waals surface area contributed by atoms with E-state index < -0.39 is 0 Å². The first kappa shape index (κ1) is 7.73. The van der Waals surface area contributed by atoms with Crippen molar-refractivity contribution < 1.29 is 14.3 Å². The SMILES string of the molecule is O=C1CCC(=O)N1CCC1CO1. The van der Waals surface area contributed by atoms with Crippen LogP contribution in [0.3, 0.4) is 0 Å². The highest BCUT2D eigenvalue weighted by Gasteiger charge is 2.31. The second-order valence-corrected chi connectivity index (χ2v) is 3.18. The van der Waals surface area contributed by atoms with Crippen molar-refractivity contribution in [2.45, 2.75) is 25.4 Å². The standard InChI is InChI=1S/C8H11NO3/c10-7-1-2-8(11)9(7)4-3-6-5-12-6/h6H,1-5H2. The molecule has 66 valence electrons. The van der Waals surface area contributed by atoms with Crippen LogP contribution in [-0.2, 0) is 14.3 Å². The average Bonchev–Trinajstić information content (AvgIpc) is 2.80. The van der Waals surface area contributed by atoms with Crippen LogP contribution in [0, 0.1) is 0 Å². The first-order chi connectivity index (χ1) is 5.77. The molecule has 4 nitrogen and oxygen atoms in total. The molecule has 0 aromatic rings. The maximum Gasteiger partial charge on any atom is 0.229 e. The Bertz CT molecular complexity index is 206. The van der Waals surface area contributed by atoms with Gasteiger partial charge in [0.1, 0.15) is 0 Å². The Morgan fingerprint density at radius 3 is 2.42 bits per heavy atom. The minimum absolute atomic E-state index is 0.0272. The fourth-order valence-electron chi connectivity index (χ4n) is 1.38. The molecule has 2 aliphatic heterocycles. The minimum atomic E-state index is -0.0272. The van der Waals surface area contributed by atoms with Crippen molar-refractivity contribution >= 4 is 11.8 Å². The van der Waals surface area contributed by atoms with E-state index in [-0.39, 0.29) is 11.8 Å². The lowest BCUT2D eigenvalue weighted by Crippen LogP contribution is -2.30. The highest BCUT2D eigenvalue weighted by Crippen LogP contribution is 2.17. The fourth-order valence-corrected chi connectivity index (χ4v) is 1.38. The molecule has 0 spiro atoms. The predicted molar refractivity (Wildman–Crippen MR) is 40.3 cm³/mol. The van der Waals surface area contributed by atoms with Gasteiger partial charge in [-0.15, -0.1) is 0 Å². The molecular formula is C8H11NO3. The van der Waals surface area contributed by atoms with E-state index in [1.807, 2.05) is 0 Å². The molecule has 0 saturated carbocycles. The van der Waals surface area contributed by atoms with Crippen molar-refractivity contribution in [3.05, 3.63) is 0 Å². The summed E-state index contributed by atoms with van der Waals surface area (Å²) < 4.78 is 4.99. The van der Waals surface area contributed by atoms with Gasteiger partial charge < -0.3 is 4.74 Å². The summed E-state index contributed by atoms with van der Waals surface area (Å²) in [5.74, 6) is -0.0544. The van der Waals surface area contributed by atoms with E-state index in [0.717, 1.165) is 13.0 Å². The number of nitrogens with zero attached hydrogens (tertiary/aromatic N) is 1. The number of hydrogen-bond acceptors (Lipinski definition) is 3. The topological polar surface area (TPSA) is 49.9 Å². The van der Waals surface area contributed by atoms with Crippen LogP contribution >= 0.6 is 0 Å². The second-order valence-electron chi connectivity index (χ2n) is 3.18. The van der Waals surface area contributed by atoms with Gasteiger partial charge in [-0.3, -0.25) is 14.5 Å². The molecule has 2 rings (SSSR count). The Morgan fingerprint density at radius 2 is 1.92 bits per heavy atom. The quantitative estimate of drug-likeness (QED) is 0.438. The van der Waals surface area contributed by atoms with E-state index in [1.54, 1.807) is 0 Å². The molecule has 0 N–H and O–H groups in total. The first-order valence-electron chi connectivity index (χ1n) is 4.22. The van der Waals surface area contributed by atoms with Crippen LogP contribution in [0.5, 0.6) is 0 Å². The molecule has 2 heterocycles. The van der Waals surface area contributed by atoms with Gasteiger partial charge in [0.2, 0.25) is 11.8 Å². The van der Waals surface area contributed by atoms with Gasteiger partial charge >= 0.3 is 0 Å². The van der Waals surface area contributed by atoms with Gasteiger partial charge in [0, 0.05) is 19.4 Å². The maximum atomic E-state index is 11.1. The molecule has 2 amide bonds. The summed E-state index contributed by atoms with van der Waals surface area (Å²) in [6.45, 7) is 1.33. The molecule has 2 aliphatic rings. The van der Waals surface area contributed by atoms with Crippen LogP contribution < -0.4 is 0 Å². The maximum absolute atomic E-state index is 11.1. The van der Waals surface area contributed by atoms with Crippen molar-refractivity contribution in [2.24, 2.45) is 0 Å². The van der Waals surface area contributed by atoms with Gasteiger partial charge in [-0.2, -0.15) is 0 Å². The van der Waals surface area contributed by atoms with Crippen LogP contribution in [0.15, 0.2) is 0 Å². The molecule has 12 heavy (non-hydrogen) atoms. The summed E-state index contributed by atoms with van der Waals surface area (Å²) in [6.07, 6.45) is 1.89. The van der Waals surface area contributed by atoms with E-state index in [9.17, 15) is 9.59 Å². The lowest BCUT2D eigenvalue weighted by atomic mass is 10.3. The van der Waals surface area contributed by atoms with Gasteiger partial charge in [-0.05, 0) is 6.42 Å². The van der Waals surface area contributed by atoms with Gasteiger partial charge in [0.05, 0.1) is 12.7 Å². The van der Waals surface area contributed by atoms with Crippen molar-refractivity contribution in [1.82, 2.24) is 4.90 Å².